The van der Waals surface area contributed by atoms with Crippen LogP contribution >= 0.6 is 0 Å². The lowest BCUT2D eigenvalue weighted by atomic mass is 10.0. The third-order valence-electron chi connectivity index (χ3n) is 5.42. The fourth-order valence-corrected chi connectivity index (χ4v) is 4.36. The minimum absolute atomic E-state index is 0.0789. The van der Waals surface area contributed by atoms with E-state index in [4.69, 9.17) is 9.97 Å². The maximum absolute atomic E-state index is 13.6. The molecule has 0 saturated carbocycles. The molecule has 5 aromatic rings. The van der Waals surface area contributed by atoms with Gasteiger partial charge in [0, 0.05) is 24.2 Å². The Morgan fingerprint density at radius 1 is 0.857 bits per heavy atom. The van der Waals surface area contributed by atoms with E-state index in [0.717, 1.165) is 22.8 Å². The number of anilines is 1. The van der Waals surface area contributed by atoms with Gasteiger partial charge < -0.3 is 5.32 Å². The van der Waals surface area contributed by atoms with Gasteiger partial charge in [-0.1, -0.05) is 48.5 Å². The van der Waals surface area contributed by atoms with Gasteiger partial charge in [-0.2, -0.15) is 4.39 Å². The molecule has 5 rings (SSSR count). The molecule has 3 aromatic heterocycles. The summed E-state index contributed by atoms with van der Waals surface area (Å²) in [6.07, 6.45) is 3.94. The van der Waals surface area contributed by atoms with Gasteiger partial charge in [0.25, 0.3) is 0 Å². The smallest absolute Gasteiger partial charge is 0.213 e. The number of pyridine rings is 2. The lowest BCUT2D eigenvalue weighted by molar-refractivity contribution is 0.578. The van der Waals surface area contributed by atoms with Crippen molar-refractivity contribution in [3.05, 3.63) is 96.8 Å². The topological polar surface area (TPSA) is 97.7 Å². The van der Waals surface area contributed by atoms with Gasteiger partial charge in [-0.25, -0.2) is 23.4 Å². The third-order valence-corrected chi connectivity index (χ3v) is 6.50. The van der Waals surface area contributed by atoms with E-state index in [2.05, 4.69) is 15.3 Å². The zero-order chi connectivity index (χ0) is 24.4. The van der Waals surface area contributed by atoms with Crippen molar-refractivity contribution in [3.8, 4) is 22.5 Å². The molecule has 9 heteroatoms. The van der Waals surface area contributed by atoms with Crippen molar-refractivity contribution >= 4 is 26.6 Å². The van der Waals surface area contributed by atoms with Crippen LogP contribution in [0.3, 0.4) is 0 Å². The molecule has 0 aliphatic heterocycles. The number of nitrogens with zero attached hydrogens (tertiary/aromatic N) is 4. The highest BCUT2D eigenvalue weighted by atomic mass is 32.2. The van der Waals surface area contributed by atoms with E-state index in [1.54, 1.807) is 12.1 Å². The van der Waals surface area contributed by atoms with Gasteiger partial charge in [-0.3, -0.25) is 4.98 Å². The van der Waals surface area contributed by atoms with E-state index in [1.165, 1.54) is 24.5 Å². The molecule has 0 unspecified atom stereocenters. The summed E-state index contributed by atoms with van der Waals surface area (Å²) in [4.78, 5) is 17.5. The lowest BCUT2D eigenvalue weighted by Crippen LogP contribution is -2.07. The standard InChI is InChI=1S/C26H20FN5O2S/c1-35(33,34)20-13-18(14-28-16-20)25-31-22-11-6-10-21(17-7-3-2-4-8-17)24(22)26(32-25)29-15-19-9-5-12-23(27)30-19/h2-14,16H,15H2,1H3,(H,29,31,32). The zero-order valence-electron chi connectivity index (χ0n) is 18.7. The summed E-state index contributed by atoms with van der Waals surface area (Å²) < 4.78 is 37.7. The van der Waals surface area contributed by atoms with Crippen molar-refractivity contribution < 1.29 is 12.8 Å². The number of hydrogen-bond donors (Lipinski definition) is 1. The first-order valence-electron chi connectivity index (χ1n) is 10.8. The average molecular weight is 486 g/mol. The lowest BCUT2D eigenvalue weighted by Gasteiger charge is -2.14. The van der Waals surface area contributed by atoms with Crippen LogP contribution in [-0.2, 0) is 16.4 Å². The maximum atomic E-state index is 13.6. The first-order chi connectivity index (χ1) is 16.9. The number of nitrogens with one attached hydrogen (secondary N) is 1. The average Bonchev–Trinajstić information content (AvgIpc) is 2.87. The number of aromatic nitrogens is 4. The number of hydrogen-bond acceptors (Lipinski definition) is 7. The van der Waals surface area contributed by atoms with Gasteiger partial charge in [0.1, 0.15) is 5.82 Å². The van der Waals surface area contributed by atoms with Gasteiger partial charge in [0.05, 0.1) is 28.0 Å². The number of fused-ring (bicyclic) bond motifs is 1. The van der Waals surface area contributed by atoms with Crippen LogP contribution in [0.25, 0.3) is 33.4 Å². The van der Waals surface area contributed by atoms with E-state index in [0.29, 0.717) is 28.4 Å². The minimum Gasteiger partial charge on any atom is -0.364 e. The summed E-state index contributed by atoms with van der Waals surface area (Å²) in [5.41, 5.74) is 3.55. The monoisotopic (exact) mass is 485 g/mol. The summed E-state index contributed by atoms with van der Waals surface area (Å²) in [6, 6.07) is 21.7. The van der Waals surface area contributed by atoms with E-state index >= 15 is 0 Å². The second-order valence-electron chi connectivity index (χ2n) is 7.95. The van der Waals surface area contributed by atoms with Gasteiger partial charge in [-0.05, 0) is 35.4 Å². The molecule has 0 aliphatic carbocycles. The fraction of sp³-hybridized carbons (Fsp3) is 0.0769. The molecule has 0 spiro atoms. The summed E-state index contributed by atoms with van der Waals surface area (Å²) in [6.45, 7) is 0.230. The maximum Gasteiger partial charge on any atom is 0.213 e. The number of halogens is 1. The first kappa shape index (κ1) is 22.5. The quantitative estimate of drug-likeness (QED) is 0.341. The molecular formula is C26H20FN5O2S. The molecule has 174 valence electrons. The first-order valence-corrected chi connectivity index (χ1v) is 12.6. The van der Waals surface area contributed by atoms with Gasteiger partial charge in [0.2, 0.25) is 5.95 Å². The predicted octanol–water partition coefficient (Wildman–Crippen LogP) is 4.91. The van der Waals surface area contributed by atoms with Gasteiger partial charge in [-0.15, -0.1) is 0 Å². The second-order valence-corrected chi connectivity index (χ2v) is 9.96. The highest BCUT2D eigenvalue weighted by molar-refractivity contribution is 7.90. The van der Waals surface area contributed by atoms with Crippen LogP contribution in [0.5, 0.6) is 0 Å². The van der Waals surface area contributed by atoms with Crippen molar-refractivity contribution in [2.45, 2.75) is 11.4 Å². The molecule has 0 bridgehead atoms. The summed E-state index contributed by atoms with van der Waals surface area (Å²) in [5, 5.41) is 4.06. The molecule has 3 heterocycles. The molecule has 1 N–H and O–H groups in total. The van der Waals surface area contributed by atoms with Crippen molar-refractivity contribution in [1.29, 1.82) is 0 Å². The number of rotatable bonds is 6. The molecule has 0 fully saturated rings. The van der Waals surface area contributed by atoms with Crippen molar-refractivity contribution in [1.82, 2.24) is 19.9 Å². The molecule has 35 heavy (non-hydrogen) atoms. The molecule has 2 aromatic carbocycles. The Hall–Kier alpha value is -4.24. The molecule has 0 atom stereocenters. The summed E-state index contributed by atoms with van der Waals surface area (Å²) in [7, 11) is -3.46. The van der Waals surface area contributed by atoms with Crippen LogP contribution in [0.2, 0.25) is 0 Å². The molecule has 0 saturated heterocycles. The largest absolute Gasteiger partial charge is 0.364 e. The highest BCUT2D eigenvalue weighted by Gasteiger charge is 2.16. The van der Waals surface area contributed by atoms with E-state index < -0.39 is 15.8 Å². The molecule has 0 amide bonds. The summed E-state index contributed by atoms with van der Waals surface area (Å²) in [5.74, 6) is 0.266. The van der Waals surface area contributed by atoms with Crippen LogP contribution in [0, 0.1) is 5.95 Å². The normalized spacial score (nSPS) is 11.5. The highest BCUT2D eigenvalue weighted by Crippen LogP contribution is 2.34. The van der Waals surface area contributed by atoms with Gasteiger partial charge >= 0.3 is 0 Å². The third kappa shape index (κ3) is 4.85. The predicted molar refractivity (Wildman–Crippen MR) is 133 cm³/mol. The Bertz CT molecular complexity index is 1640. The molecule has 0 radical (unpaired) electrons. The van der Waals surface area contributed by atoms with Crippen molar-refractivity contribution in [3.63, 3.8) is 0 Å². The van der Waals surface area contributed by atoms with Crippen LogP contribution < -0.4 is 5.32 Å². The zero-order valence-corrected chi connectivity index (χ0v) is 19.5. The Kier molecular flexibility index (Phi) is 5.92. The molecule has 0 aliphatic rings. The Morgan fingerprint density at radius 3 is 2.43 bits per heavy atom. The fourth-order valence-electron chi connectivity index (χ4n) is 3.77. The van der Waals surface area contributed by atoms with Gasteiger partial charge in [0.15, 0.2) is 15.7 Å². The van der Waals surface area contributed by atoms with E-state index in [9.17, 15) is 12.8 Å². The van der Waals surface area contributed by atoms with Crippen LogP contribution in [0.15, 0.2) is 90.1 Å². The van der Waals surface area contributed by atoms with Crippen LogP contribution in [-0.4, -0.2) is 34.6 Å². The Balaban J connectivity index is 1.68. The SMILES string of the molecule is CS(=O)(=O)c1cncc(-c2nc(NCc3cccc(F)n3)c3c(-c4ccccc4)cccc3n2)c1. The molecule has 7 nitrogen and oxygen atoms in total. The van der Waals surface area contributed by atoms with E-state index in [-0.39, 0.29) is 11.4 Å². The van der Waals surface area contributed by atoms with Crippen LogP contribution in [0.4, 0.5) is 10.2 Å². The number of benzene rings is 2. The summed E-state index contributed by atoms with van der Waals surface area (Å²) >= 11 is 0. The van der Waals surface area contributed by atoms with Crippen LogP contribution in [0.1, 0.15) is 5.69 Å². The second kappa shape index (κ2) is 9.19. The Morgan fingerprint density at radius 2 is 1.66 bits per heavy atom. The van der Waals surface area contributed by atoms with Crippen molar-refractivity contribution in [2.75, 3.05) is 11.6 Å². The Labute approximate surface area is 201 Å². The van der Waals surface area contributed by atoms with E-state index in [1.807, 2.05) is 48.5 Å². The number of sulfone groups is 1. The minimum atomic E-state index is -3.46. The molecular weight excluding hydrogens is 465 g/mol. The van der Waals surface area contributed by atoms with Crippen molar-refractivity contribution in [2.24, 2.45) is 0 Å².